The number of thioether (sulfide) groups is 1. The zero-order chi connectivity index (χ0) is 20.4. The normalized spacial score (nSPS) is 19.3. The Hall–Kier alpha value is -2.51. The number of anilines is 2. The minimum atomic E-state index is -0.790. The van der Waals surface area contributed by atoms with Crippen molar-refractivity contribution in [1.29, 1.82) is 0 Å². The SMILES string of the molecule is O=C(Nc1cccc(Cl)c1)C1CCN(C(=O)C2Sc3ccccc3NC2=O)CC1. The summed E-state index contributed by atoms with van der Waals surface area (Å²) in [7, 11) is 0. The fraction of sp³-hybridized carbons (Fsp3) is 0.286. The average molecular weight is 430 g/mol. The van der Waals surface area contributed by atoms with Crippen LogP contribution in [0.25, 0.3) is 0 Å². The number of piperidine rings is 1. The van der Waals surface area contributed by atoms with E-state index < -0.39 is 5.25 Å². The number of rotatable bonds is 3. The summed E-state index contributed by atoms with van der Waals surface area (Å²) in [5, 5.41) is 5.46. The summed E-state index contributed by atoms with van der Waals surface area (Å²) in [5.74, 6) is -0.736. The van der Waals surface area contributed by atoms with Crippen molar-refractivity contribution in [1.82, 2.24) is 4.90 Å². The maximum atomic E-state index is 12.9. The van der Waals surface area contributed by atoms with Gasteiger partial charge in [0.05, 0.1) is 5.69 Å². The van der Waals surface area contributed by atoms with E-state index in [1.165, 1.54) is 11.8 Å². The summed E-state index contributed by atoms with van der Waals surface area (Å²) in [6, 6.07) is 14.5. The lowest BCUT2D eigenvalue weighted by atomic mass is 9.95. The first kappa shape index (κ1) is 19.8. The molecule has 29 heavy (non-hydrogen) atoms. The summed E-state index contributed by atoms with van der Waals surface area (Å²) in [4.78, 5) is 40.4. The topological polar surface area (TPSA) is 78.5 Å². The molecular formula is C21H20ClN3O3S. The molecule has 1 atom stereocenters. The first-order valence-corrected chi connectivity index (χ1v) is 10.7. The van der Waals surface area contributed by atoms with Crippen LogP contribution in [-0.2, 0) is 14.4 Å². The standard InChI is InChI=1S/C21H20ClN3O3S/c22-14-4-3-5-15(12-14)23-19(26)13-8-10-25(11-9-13)21(28)18-20(27)24-16-6-1-2-7-17(16)29-18/h1-7,12-13,18H,8-11H2,(H,23,26)(H,24,27). The first-order chi connectivity index (χ1) is 14.0. The summed E-state index contributed by atoms with van der Waals surface area (Å²) >= 11 is 7.24. The predicted octanol–water partition coefficient (Wildman–Crippen LogP) is 3.63. The van der Waals surface area contributed by atoms with Gasteiger partial charge in [-0.1, -0.05) is 29.8 Å². The molecule has 0 aliphatic carbocycles. The molecule has 0 saturated carbocycles. The van der Waals surface area contributed by atoms with Gasteiger partial charge in [0.2, 0.25) is 17.7 Å². The molecule has 1 saturated heterocycles. The molecule has 4 rings (SSSR count). The summed E-state index contributed by atoms with van der Waals surface area (Å²) < 4.78 is 0. The number of hydrogen-bond donors (Lipinski definition) is 2. The first-order valence-electron chi connectivity index (χ1n) is 9.43. The van der Waals surface area contributed by atoms with Gasteiger partial charge in [-0.15, -0.1) is 11.8 Å². The van der Waals surface area contributed by atoms with E-state index in [0.717, 1.165) is 10.6 Å². The Labute approximate surface area is 178 Å². The Balaban J connectivity index is 1.34. The van der Waals surface area contributed by atoms with Gasteiger partial charge in [-0.25, -0.2) is 0 Å². The van der Waals surface area contributed by atoms with Gasteiger partial charge in [-0.3, -0.25) is 14.4 Å². The number of hydrogen-bond acceptors (Lipinski definition) is 4. The second-order valence-electron chi connectivity index (χ2n) is 7.08. The van der Waals surface area contributed by atoms with Crippen LogP contribution in [-0.4, -0.2) is 41.0 Å². The number of carbonyl (C=O) groups excluding carboxylic acids is 3. The van der Waals surface area contributed by atoms with Gasteiger partial charge in [0, 0.05) is 34.6 Å². The largest absolute Gasteiger partial charge is 0.341 e. The Kier molecular flexibility index (Phi) is 5.78. The second kappa shape index (κ2) is 8.47. The molecule has 2 aromatic rings. The number of benzene rings is 2. The maximum Gasteiger partial charge on any atom is 0.247 e. The van der Waals surface area contributed by atoms with E-state index in [1.54, 1.807) is 29.2 Å². The Morgan fingerprint density at radius 1 is 1.10 bits per heavy atom. The van der Waals surface area contributed by atoms with Gasteiger partial charge < -0.3 is 15.5 Å². The van der Waals surface area contributed by atoms with Crippen molar-refractivity contribution in [2.24, 2.45) is 5.92 Å². The summed E-state index contributed by atoms with van der Waals surface area (Å²) in [6.07, 6.45) is 1.13. The molecule has 2 heterocycles. The summed E-state index contributed by atoms with van der Waals surface area (Å²) in [5.41, 5.74) is 1.40. The molecular weight excluding hydrogens is 410 g/mol. The van der Waals surface area contributed by atoms with Crippen LogP contribution in [0.15, 0.2) is 53.4 Å². The van der Waals surface area contributed by atoms with Crippen LogP contribution >= 0.6 is 23.4 Å². The number of nitrogens with zero attached hydrogens (tertiary/aromatic N) is 1. The lowest BCUT2D eigenvalue weighted by Crippen LogP contribution is -2.48. The van der Waals surface area contributed by atoms with Gasteiger partial charge in [-0.05, 0) is 43.2 Å². The molecule has 2 N–H and O–H groups in total. The third-order valence-electron chi connectivity index (χ3n) is 5.12. The van der Waals surface area contributed by atoms with E-state index in [0.29, 0.717) is 36.6 Å². The van der Waals surface area contributed by atoms with E-state index in [2.05, 4.69) is 10.6 Å². The lowest BCUT2D eigenvalue weighted by Gasteiger charge is -2.34. The highest BCUT2D eigenvalue weighted by Crippen LogP contribution is 2.36. The number of halogens is 1. The minimum Gasteiger partial charge on any atom is -0.341 e. The third-order valence-corrected chi connectivity index (χ3v) is 6.62. The highest BCUT2D eigenvalue weighted by atomic mass is 35.5. The maximum absolute atomic E-state index is 12.9. The monoisotopic (exact) mass is 429 g/mol. The van der Waals surface area contributed by atoms with Gasteiger partial charge >= 0.3 is 0 Å². The van der Waals surface area contributed by atoms with Crippen LogP contribution in [0.4, 0.5) is 11.4 Å². The molecule has 150 valence electrons. The van der Waals surface area contributed by atoms with Crippen molar-refractivity contribution in [3.05, 3.63) is 53.6 Å². The molecule has 0 spiro atoms. The molecule has 1 unspecified atom stereocenters. The number of para-hydroxylation sites is 1. The van der Waals surface area contributed by atoms with Crippen LogP contribution < -0.4 is 10.6 Å². The average Bonchev–Trinajstić information content (AvgIpc) is 2.73. The van der Waals surface area contributed by atoms with Crippen LogP contribution in [0.5, 0.6) is 0 Å². The molecule has 2 aliphatic heterocycles. The van der Waals surface area contributed by atoms with Crippen molar-refractivity contribution < 1.29 is 14.4 Å². The van der Waals surface area contributed by atoms with Crippen molar-refractivity contribution in [2.75, 3.05) is 23.7 Å². The fourth-order valence-electron chi connectivity index (χ4n) is 3.55. The molecule has 8 heteroatoms. The van der Waals surface area contributed by atoms with Gasteiger partial charge in [0.25, 0.3) is 0 Å². The molecule has 6 nitrogen and oxygen atoms in total. The smallest absolute Gasteiger partial charge is 0.247 e. The van der Waals surface area contributed by atoms with Crippen molar-refractivity contribution in [3.63, 3.8) is 0 Å². The van der Waals surface area contributed by atoms with Crippen LogP contribution in [0.3, 0.4) is 0 Å². The molecule has 3 amide bonds. The molecule has 0 radical (unpaired) electrons. The fourth-order valence-corrected chi connectivity index (χ4v) is 4.82. The van der Waals surface area contributed by atoms with Crippen molar-refractivity contribution in [3.8, 4) is 0 Å². The Morgan fingerprint density at radius 3 is 2.62 bits per heavy atom. The number of amides is 3. The van der Waals surface area contributed by atoms with E-state index in [-0.39, 0.29) is 23.6 Å². The zero-order valence-corrected chi connectivity index (χ0v) is 17.1. The number of nitrogens with one attached hydrogen (secondary N) is 2. The van der Waals surface area contributed by atoms with Crippen molar-refractivity contribution in [2.45, 2.75) is 23.0 Å². The van der Waals surface area contributed by atoms with Gasteiger partial charge in [-0.2, -0.15) is 0 Å². The van der Waals surface area contributed by atoms with Crippen LogP contribution in [0.2, 0.25) is 5.02 Å². The van der Waals surface area contributed by atoms with E-state index in [4.69, 9.17) is 11.6 Å². The molecule has 0 aromatic heterocycles. The lowest BCUT2D eigenvalue weighted by molar-refractivity contribution is -0.136. The zero-order valence-electron chi connectivity index (χ0n) is 15.6. The number of carbonyl (C=O) groups is 3. The molecule has 2 aromatic carbocycles. The van der Waals surface area contributed by atoms with Crippen LogP contribution in [0, 0.1) is 5.92 Å². The van der Waals surface area contributed by atoms with Gasteiger partial charge in [0.1, 0.15) is 0 Å². The predicted molar refractivity (Wildman–Crippen MR) is 114 cm³/mol. The Morgan fingerprint density at radius 2 is 1.86 bits per heavy atom. The summed E-state index contributed by atoms with van der Waals surface area (Å²) in [6.45, 7) is 0.914. The number of fused-ring (bicyclic) bond motifs is 1. The van der Waals surface area contributed by atoms with Gasteiger partial charge in [0.15, 0.2) is 5.25 Å². The second-order valence-corrected chi connectivity index (χ2v) is 8.67. The Bertz CT molecular complexity index is 960. The molecule has 0 bridgehead atoms. The quantitative estimate of drug-likeness (QED) is 0.730. The van der Waals surface area contributed by atoms with Crippen molar-refractivity contribution >= 4 is 52.5 Å². The highest BCUT2D eigenvalue weighted by molar-refractivity contribution is 8.01. The third kappa shape index (κ3) is 4.41. The van der Waals surface area contributed by atoms with Crippen LogP contribution in [0.1, 0.15) is 12.8 Å². The van der Waals surface area contributed by atoms with E-state index in [1.807, 2.05) is 24.3 Å². The molecule has 1 fully saturated rings. The highest BCUT2D eigenvalue weighted by Gasteiger charge is 2.37. The van der Waals surface area contributed by atoms with E-state index >= 15 is 0 Å². The van der Waals surface area contributed by atoms with E-state index in [9.17, 15) is 14.4 Å². The number of likely N-dealkylation sites (tertiary alicyclic amines) is 1. The minimum absolute atomic E-state index is 0.0712. The molecule has 2 aliphatic rings.